The first-order valence-corrected chi connectivity index (χ1v) is 6.51. The lowest BCUT2D eigenvalue weighted by atomic mass is 10.4. The summed E-state index contributed by atoms with van der Waals surface area (Å²) in [6.45, 7) is 0.258. The standard InChI is InChI=1S/C13H19N3O6/c1-19-15-11(17)5-8-21-10-4-3-7-14-13(10)22-9-6-12(18)16-20-2/h3-4,7H,5-6,8-9H2,1-2H3,(H,15,17)(H,16,18). The van der Waals surface area contributed by atoms with Crippen molar-refractivity contribution in [3.8, 4) is 11.6 Å². The van der Waals surface area contributed by atoms with Crippen LogP contribution in [0.3, 0.4) is 0 Å². The fraction of sp³-hybridized carbons (Fsp3) is 0.462. The van der Waals surface area contributed by atoms with Crippen molar-refractivity contribution in [3.63, 3.8) is 0 Å². The van der Waals surface area contributed by atoms with Crippen molar-refractivity contribution in [2.75, 3.05) is 27.4 Å². The molecule has 0 fully saturated rings. The van der Waals surface area contributed by atoms with Crippen molar-refractivity contribution in [2.24, 2.45) is 0 Å². The van der Waals surface area contributed by atoms with Gasteiger partial charge in [0, 0.05) is 6.20 Å². The van der Waals surface area contributed by atoms with Gasteiger partial charge in [0.2, 0.25) is 11.8 Å². The number of pyridine rings is 1. The molecule has 1 aromatic heterocycles. The molecule has 0 radical (unpaired) electrons. The lowest BCUT2D eigenvalue weighted by molar-refractivity contribution is -0.132. The molecule has 1 aromatic rings. The summed E-state index contributed by atoms with van der Waals surface area (Å²) >= 11 is 0. The van der Waals surface area contributed by atoms with E-state index < -0.39 is 0 Å². The van der Waals surface area contributed by atoms with E-state index >= 15 is 0 Å². The molecule has 0 atom stereocenters. The highest BCUT2D eigenvalue weighted by Crippen LogP contribution is 2.23. The minimum atomic E-state index is -0.308. The summed E-state index contributed by atoms with van der Waals surface area (Å²) in [5, 5.41) is 0. The van der Waals surface area contributed by atoms with Gasteiger partial charge in [-0.2, -0.15) is 0 Å². The van der Waals surface area contributed by atoms with Crippen molar-refractivity contribution in [1.82, 2.24) is 15.9 Å². The van der Waals surface area contributed by atoms with E-state index in [0.717, 1.165) is 0 Å². The Bertz CT molecular complexity index is 440. The number of carbonyl (C=O) groups is 2. The highest BCUT2D eigenvalue weighted by molar-refractivity contribution is 5.75. The van der Waals surface area contributed by atoms with Crippen molar-refractivity contribution >= 4 is 11.8 Å². The molecule has 2 amide bonds. The average molecular weight is 313 g/mol. The third-order valence-corrected chi connectivity index (χ3v) is 2.32. The molecule has 0 aliphatic rings. The van der Waals surface area contributed by atoms with Gasteiger partial charge in [-0.1, -0.05) is 0 Å². The minimum absolute atomic E-state index is 0.111. The van der Waals surface area contributed by atoms with Crippen LogP contribution in [-0.2, 0) is 19.3 Å². The van der Waals surface area contributed by atoms with E-state index in [1.165, 1.54) is 20.4 Å². The quantitative estimate of drug-likeness (QED) is 0.584. The summed E-state index contributed by atoms with van der Waals surface area (Å²) in [5.41, 5.74) is 4.36. The van der Waals surface area contributed by atoms with E-state index in [1.54, 1.807) is 12.1 Å². The predicted octanol–water partition coefficient (Wildman–Crippen LogP) is -0.0254. The molecule has 0 aliphatic carbocycles. The number of nitrogens with one attached hydrogen (secondary N) is 2. The van der Waals surface area contributed by atoms with Gasteiger partial charge in [-0.3, -0.25) is 19.3 Å². The monoisotopic (exact) mass is 313 g/mol. The van der Waals surface area contributed by atoms with Gasteiger partial charge in [-0.05, 0) is 12.1 Å². The summed E-state index contributed by atoms with van der Waals surface area (Å²) in [6.07, 6.45) is 1.77. The van der Waals surface area contributed by atoms with Gasteiger partial charge in [0.1, 0.15) is 0 Å². The molecule has 9 heteroatoms. The SMILES string of the molecule is CONC(=O)CCOc1cccnc1OCCC(=O)NOC. The van der Waals surface area contributed by atoms with Crippen molar-refractivity contribution < 1.29 is 28.7 Å². The third-order valence-electron chi connectivity index (χ3n) is 2.32. The van der Waals surface area contributed by atoms with Crippen LogP contribution in [0.4, 0.5) is 0 Å². The summed E-state index contributed by atoms with van der Waals surface area (Å²) in [5.74, 6) is 0.0296. The van der Waals surface area contributed by atoms with Crippen LogP contribution >= 0.6 is 0 Å². The molecule has 9 nitrogen and oxygen atoms in total. The van der Waals surface area contributed by atoms with Gasteiger partial charge in [0.05, 0.1) is 40.3 Å². The Balaban J connectivity index is 2.41. The molecule has 1 heterocycles. The Kier molecular flexibility index (Phi) is 8.31. The third kappa shape index (κ3) is 6.86. The molecule has 2 N–H and O–H groups in total. The molecule has 122 valence electrons. The zero-order chi connectivity index (χ0) is 16.2. The summed E-state index contributed by atoms with van der Waals surface area (Å²) in [4.78, 5) is 35.4. The van der Waals surface area contributed by atoms with Gasteiger partial charge in [-0.25, -0.2) is 15.9 Å². The predicted molar refractivity (Wildman–Crippen MR) is 74.8 cm³/mol. The molecular weight excluding hydrogens is 294 g/mol. The first kappa shape index (κ1) is 17.7. The summed E-state index contributed by atoms with van der Waals surface area (Å²) in [7, 11) is 2.70. The van der Waals surface area contributed by atoms with Crippen molar-refractivity contribution in [3.05, 3.63) is 18.3 Å². The molecule has 0 saturated heterocycles. The van der Waals surface area contributed by atoms with E-state index in [9.17, 15) is 9.59 Å². The Hall–Kier alpha value is -2.39. The lowest BCUT2D eigenvalue weighted by Crippen LogP contribution is -2.24. The minimum Gasteiger partial charge on any atom is -0.487 e. The van der Waals surface area contributed by atoms with Gasteiger partial charge in [-0.15, -0.1) is 0 Å². The number of hydrogen-bond acceptors (Lipinski definition) is 7. The van der Waals surface area contributed by atoms with Gasteiger partial charge in [0.25, 0.3) is 5.88 Å². The largest absolute Gasteiger partial charge is 0.487 e. The van der Waals surface area contributed by atoms with Crippen LogP contribution in [0.15, 0.2) is 18.3 Å². The Labute approximate surface area is 127 Å². The van der Waals surface area contributed by atoms with E-state index in [4.69, 9.17) is 9.47 Å². The Morgan fingerprint density at radius 2 is 1.64 bits per heavy atom. The second-order valence-corrected chi connectivity index (χ2v) is 3.96. The normalized spacial score (nSPS) is 9.91. The number of rotatable bonds is 10. The van der Waals surface area contributed by atoms with Crippen LogP contribution in [0.5, 0.6) is 11.6 Å². The maximum absolute atomic E-state index is 11.2. The number of carbonyl (C=O) groups excluding carboxylic acids is 2. The summed E-state index contributed by atoms with van der Waals surface area (Å²) in [6, 6.07) is 3.33. The van der Waals surface area contributed by atoms with Crippen molar-refractivity contribution in [1.29, 1.82) is 0 Å². The van der Waals surface area contributed by atoms with Crippen LogP contribution in [0, 0.1) is 0 Å². The number of hydrogen-bond donors (Lipinski definition) is 2. The second kappa shape index (κ2) is 10.4. The first-order valence-electron chi connectivity index (χ1n) is 6.51. The number of ether oxygens (including phenoxy) is 2. The van der Waals surface area contributed by atoms with Crippen LogP contribution in [0.2, 0.25) is 0 Å². The highest BCUT2D eigenvalue weighted by Gasteiger charge is 2.09. The van der Waals surface area contributed by atoms with Gasteiger partial charge in [0.15, 0.2) is 5.75 Å². The van der Waals surface area contributed by atoms with Crippen LogP contribution in [0.1, 0.15) is 12.8 Å². The molecule has 0 aliphatic heterocycles. The first-order chi connectivity index (χ1) is 10.7. The Morgan fingerprint density at radius 3 is 2.23 bits per heavy atom. The van der Waals surface area contributed by atoms with Crippen LogP contribution < -0.4 is 20.4 Å². The molecule has 0 saturated carbocycles. The zero-order valence-corrected chi connectivity index (χ0v) is 12.5. The highest BCUT2D eigenvalue weighted by atomic mass is 16.6. The molecular formula is C13H19N3O6. The van der Waals surface area contributed by atoms with E-state index in [-0.39, 0.29) is 43.7 Å². The maximum atomic E-state index is 11.2. The average Bonchev–Trinajstić information content (AvgIpc) is 2.49. The van der Waals surface area contributed by atoms with Crippen molar-refractivity contribution in [2.45, 2.75) is 12.8 Å². The number of aromatic nitrogens is 1. The molecule has 22 heavy (non-hydrogen) atoms. The smallest absolute Gasteiger partial charge is 0.256 e. The number of amides is 2. The van der Waals surface area contributed by atoms with Gasteiger partial charge < -0.3 is 9.47 Å². The maximum Gasteiger partial charge on any atom is 0.256 e. The lowest BCUT2D eigenvalue weighted by Gasteiger charge is -2.11. The van der Waals surface area contributed by atoms with Crippen LogP contribution in [-0.4, -0.2) is 44.2 Å². The topological polar surface area (TPSA) is 108 Å². The van der Waals surface area contributed by atoms with Crippen LogP contribution in [0.25, 0.3) is 0 Å². The number of hydroxylamine groups is 2. The molecule has 0 bridgehead atoms. The van der Waals surface area contributed by atoms with E-state index in [1.807, 2.05) is 0 Å². The fourth-order valence-electron chi connectivity index (χ4n) is 1.42. The zero-order valence-electron chi connectivity index (χ0n) is 12.5. The molecule has 0 unspecified atom stereocenters. The fourth-order valence-corrected chi connectivity index (χ4v) is 1.42. The van der Waals surface area contributed by atoms with E-state index in [0.29, 0.717) is 5.75 Å². The van der Waals surface area contributed by atoms with E-state index in [2.05, 4.69) is 25.6 Å². The molecule has 0 aromatic carbocycles. The number of nitrogens with zero attached hydrogens (tertiary/aromatic N) is 1. The second-order valence-electron chi connectivity index (χ2n) is 3.96. The Morgan fingerprint density at radius 1 is 1.05 bits per heavy atom. The molecule has 0 spiro atoms. The van der Waals surface area contributed by atoms with Gasteiger partial charge >= 0.3 is 0 Å². The summed E-state index contributed by atoms with van der Waals surface area (Å²) < 4.78 is 10.8. The molecule has 1 rings (SSSR count).